The van der Waals surface area contributed by atoms with Gasteiger partial charge >= 0.3 is 6.03 Å². The van der Waals surface area contributed by atoms with E-state index >= 15 is 0 Å². The lowest BCUT2D eigenvalue weighted by molar-refractivity contribution is 0.138. The number of rotatable bonds is 2. The molecule has 1 aromatic rings. The summed E-state index contributed by atoms with van der Waals surface area (Å²) in [5.41, 5.74) is 5.31. The molecule has 0 saturated carbocycles. The van der Waals surface area contributed by atoms with Gasteiger partial charge in [-0.25, -0.2) is 14.8 Å². The number of anilines is 1. The summed E-state index contributed by atoms with van der Waals surface area (Å²) >= 11 is 5.84. The third kappa shape index (κ3) is 3.47. The summed E-state index contributed by atoms with van der Waals surface area (Å²) in [7, 11) is 0. The van der Waals surface area contributed by atoms with Crippen LogP contribution in [0.5, 0.6) is 0 Å². The molecule has 2 unspecified atom stereocenters. The van der Waals surface area contributed by atoms with Crippen molar-refractivity contribution in [1.29, 1.82) is 0 Å². The van der Waals surface area contributed by atoms with Crippen molar-refractivity contribution in [3.63, 3.8) is 0 Å². The van der Waals surface area contributed by atoms with Crippen LogP contribution < -0.4 is 10.9 Å². The van der Waals surface area contributed by atoms with Crippen molar-refractivity contribution in [1.82, 2.24) is 20.3 Å². The number of nitrogens with zero attached hydrogens (tertiary/aromatic N) is 3. The van der Waals surface area contributed by atoms with Gasteiger partial charge in [-0.1, -0.05) is 18.5 Å². The molecule has 1 aliphatic rings. The molecule has 7 heteroatoms. The van der Waals surface area contributed by atoms with Crippen molar-refractivity contribution in [2.75, 3.05) is 12.0 Å². The molecule has 0 aromatic carbocycles. The Morgan fingerprint density at radius 3 is 2.84 bits per heavy atom. The molecule has 2 atom stereocenters. The van der Waals surface area contributed by atoms with Crippen molar-refractivity contribution in [2.45, 2.75) is 32.7 Å². The van der Waals surface area contributed by atoms with E-state index in [0.717, 1.165) is 19.4 Å². The van der Waals surface area contributed by atoms with Crippen LogP contribution in [0.15, 0.2) is 12.4 Å². The maximum absolute atomic E-state index is 12.1. The van der Waals surface area contributed by atoms with Gasteiger partial charge in [0.25, 0.3) is 0 Å². The van der Waals surface area contributed by atoms with Gasteiger partial charge in [-0.15, -0.1) is 0 Å². The quantitative estimate of drug-likeness (QED) is 0.817. The van der Waals surface area contributed by atoms with Crippen LogP contribution in [0.2, 0.25) is 5.15 Å². The van der Waals surface area contributed by atoms with Gasteiger partial charge in [0.1, 0.15) is 0 Å². The molecule has 104 valence electrons. The average Bonchev–Trinajstić information content (AvgIpc) is 2.40. The first-order valence-corrected chi connectivity index (χ1v) is 6.75. The van der Waals surface area contributed by atoms with E-state index in [0.29, 0.717) is 11.7 Å². The molecule has 2 heterocycles. The van der Waals surface area contributed by atoms with Crippen molar-refractivity contribution < 1.29 is 4.79 Å². The number of piperidine rings is 1. The predicted octanol–water partition coefficient (Wildman–Crippen LogP) is 2.29. The molecule has 0 radical (unpaired) electrons. The Hall–Kier alpha value is -1.56. The Bertz CT molecular complexity index is 456. The van der Waals surface area contributed by atoms with Crippen molar-refractivity contribution in [3.8, 4) is 0 Å². The number of urea groups is 1. The molecule has 0 spiro atoms. The maximum atomic E-state index is 12.1. The first-order chi connectivity index (χ1) is 9.08. The second kappa shape index (κ2) is 6.06. The van der Waals surface area contributed by atoms with Crippen molar-refractivity contribution >= 4 is 23.4 Å². The smallest absolute Gasteiger partial charge is 0.320 e. The number of hydrogen-bond donors (Lipinski definition) is 2. The number of aromatic nitrogens is 2. The molecule has 1 fully saturated rings. The highest BCUT2D eigenvalue weighted by Crippen LogP contribution is 2.21. The summed E-state index contributed by atoms with van der Waals surface area (Å²) in [6.07, 6.45) is 5.19. The van der Waals surface area contributed by atoms with Crippen molar-refractivity contribution in [3.05, 3.63) is 17.5 Å². The second-order valence-electron chi connectivity index (χ2n) is 4.93. The highest BCUT2D eigenvalue weighted by Gasteiger charge is 2.26. The van der Waals surface area contributed by atoms with E-state index in [1.165, 1.54) is 12.4 Å². The first kappa shape index (κ1) is 13.9. The third-order valence-corrected chi connectivity index (χ3v) is 3.60. The third-order valence-electron chi connectivity index (χ3n) is 3.32. The largest absolute Gasteiger partial charge is 0.336 e. The molecule has 0 aliphatic carbocycles. The van der Waals surface area contributed by atoms with Crippen LogP contribution in [-0.2, 0) is 0 Å². The maximum Gasteiger partial charge on any atom is 0.336 e. The normalized spacial score (nSPS) is 23.0. The van der Waals surface area contributed by atoms with E-state index in [4.69, 9.17) is 11.6 Å². The number of halogens is 1. The Balaban J connectivity index is 1.92. The fraction of sp³-hybridized carbons (Fsp3) is 0.583. The van der Waals surface area contributed by atoms with E-state index in [-0.39, 0.29) is 17.2 Å². The summed E-state index contributed by atoms with van der Waals surface area (Å²) in [4.78, 5) is 21.8. The lowest BCUT2D eigenvalue weighted by Crippen LogP contribution is -2.51. The van der Waals surface area contributed by atoms with E-state index in [1.54, 1.807) is 0 Å². The molecule has 2 rings (SSSR count). The molecule has 1 aliphatic heterocycles. The molecule has 6 nitrogen and oxygen atoms in total. The van der Waals surface area contributed by atoms with E-state index in [2.05, 4.69) is 34.7 Å². The molecular weight excluding hydrogens is 266 g/mol. The first-order valence-electron chi connectivity index (χ1n) is 6.37. The molecule has 19 heavy (non-hydrogen) atoms. The lowest BCUT2D eigenvalue weighted by atomic mass is 9.95. The van der Waals surface area contributed by atoms with Crippen LogP contribution >= 0.6 is 11.6 Å². The number of hydrazine groups is 1. The van der Waals surface area contributed by atoms with Crippen LogP contribution in [0.25, 0.3) is 0 Å². The highest BCUT2D eigenvalue weighted by molar-refractivity contribution is 6.31. The number of carbonyl (C=O) groups excluding carboxylic acids is 1. The zero-order valence-electron chi connectivity index (χ0n) is 11.1. The van der Waals surface area contributed by atoms with Gasteiger partial charge in [-0.3, -0.25) is 10.9 Å². The number of likely N-dealkylation sites (tertiary alicyclic amines) is 1. The Morgan fingerprint density at radius 1 is 1.37 bits per heavy atom. The number of nitrogens with one attached hydrogen (secondary N) is 2. The SMILES string of the molecule is CC1CCC(C)N(C(=O)NNc2nccnc2Cl)C1. The van der Waals surface area contributed by atoms with Crippen LogP contribution in [0.4, 0.5) is 10.6 Å². The number of carbonyl (C=O) groups is 1. The van der Waals surface area contributed by atoms with Crippen LogP contribution in [0.3, 0.4) is 0 Å². The Morgan fingerprint density at radius 2 is 2.11 bits per heavy atom. The fourth-order valence-corrected chi connectivity index (χ4v) is 2.31. The standard InChI is InChI=1S/C12H18ClN5O/c1-8-3-4-9(2)18(7-8)12(19)17-16-11-10(13)14-5-6-15-11/h5-6,8-9H,3-4,7H2,1-2H3,(H,15,16)(H,17,19). The minimum atomic E-state index is -0.166. The van der Waals surface area contributed by atoms with Gasteiger partial charge in [0.15, 0.2) is 11.0 Å². The van der Waals surface area contributed by atoms with Gasteiger partial charge in [0, 0.05) is 25.0 Å². The zero-order valence-corrected chi connectivity index (χ0v) is 11.8. The summed E-state index contributed by atoms with van der Waals surface area (Å²) in [6, 6.07) is 0.0797. The topological polar surface area (TPSA) is 70.2 Å². The minimum absolute atomic E-state index is 0.166. The van der Waals surface area contributed by atoms with Crippen molar-refractivity contribution in [2.24, 2.45) is 5.92 Å². The number of hydrogen-bond acceptors (Lipinski definition) is 4. The molecule has 2 amide bonds. The summed E-state index contributed by atoms with van der Waals surface area (Å²) in [5.74, 6) is 0.872. The second-order valence-corrected chi connectivity index (χ2v) is 5.29. The van der Waals surface area contributed by atoms with Gasteiger partial charge in [0.05, 0.1) is 0 Å². The summed E-state index contributed by atoms with van der Waals surface area (Å²) in [6.45, 7) is 4.97. The van der Waals surface area contributed by atoms with Gasteiger partial charge < -0.3 is 4.90 Å². The van der Waals surface area contributed by atoms with Gasteiger partial charge in [0.2, 0.25) is 0 Å². The zero-order chi connectivity index (χ0) is 13.8. The van der Waals surface area contributed by atoms with Gasteiger partial charge in [-0.05, 0) is 25.7 Å². The molecule has 1 aromatic heterocycles. The fourth-order valence-electron chi connectivity index (χ4n) is 2.16. The monoisotopic (exact) mass is 283 g/mol. The van der Waals surface area contributed by atoms with E-state index < -0.39 is 0 Å². The molecule has 0 bridgehead atoms. The molecular formula is C12H18ClN5O. The average molecular weight is 284 g/mol. The van der Waals surface area contributed by atoms with E-state index in [1.807, 2.05) is 4.90 Å². The molecule has 1 saturated heterocycles. The van der Waals surface area contributed by atoms with Crippen LogP contribution in [0, 0.1) is 5.92 Å². The van der Waals surface area contributed by atoms with Gasteiger partial charge in [-0.2, -0.15) is 0 Å². The Kier molecular flexibility index (Phi) is 4.42. The highest BCUT2D eigenvalue weighted by atomic mass is 35.5. The number of amides is 2. The molecule has 2 N–H and O–H groups in total. The predicted molar refractivity (Wildman–Crippen MR) is 73.8 cm³/mol. The van der Waals surface area contributed by atoms with Crippen LogP contribution in [-0.4, -0.2) is 33.5 Å². The summed E-state index contributed by atoms with van der Waals surface area (Å²) < 4.78 is 0. The van der Waals surface area contributed by atoms with Crippen LogP contribution in [0.1, 0.15) is 26.7 Å². The summed E-state index contributed by atoms with van der Waals surface area (Å²) in [5, 5.41) is 0.225. The van der Waals surface area contributed by atoms with E-state index in [9.17, 15) is 4.79 Å². The minimum Gasteiger partial charge on any atom is -0.320 e. The Labute approximate surface area is 117 Å². The lowest BCUT2D eigenvalue weighted by Gasteiger charge is -2.36.